The third-order valence-electron chi connectivity index (χ3n) is 5.21. The second kappa shape index (κ2) is 7.51. The van der Waals surface area contributed by atoms with E-state index in [1.807, 2.05) is 23.1 Å². The summed E-state index contributed by atoms with van der Waals surface area (Å²) >= 11 is 0. The molecule has 4 rings (SSSR count). The van der Waals surface area contributed by atoms with E-state index >= 15 is 0 Å². The van der Waals surface area contributed by atoms with Gasteiger partial charge in [0.05, 0.1) is 11.8 Å². The Hall–Kier alpha value is -2.69. The van der Waals surface area contributed by atoms with Gasteiger partial charge >= 0.3 is 0 Å². The highest BCUT2D eigenvalue weighted by Gasteiger charge is 2.25. The van der Waals surface area contributed by atoms with Crippen molar-refractivity contribution in [2.75, 3.05) is 0 Å². The molecule has 2 heterocycles. The number of hydrogen-bond acceptors (Lipinski definition) is 4. The van der Waals surface area contributed by atoms with Crippen molar-refractivity contribution in [3.63, 3.8) is 0 Å². The third kappa shape index (κ3) is 3.87. The summed E-state index contributed by atoms with van der Waals surface area (Å²) in [5.41, 5.74) is 4.58. The lowest BCUT2D eigenvalue weighted by Crippen LogP contribution is -2.11. The molecule has 0 aliphatic heterocycles. The van der Waals surface area contributed by atoms with Gasteiger partial charge in [0.25, 0.3) is 5.95 Å². The summed E-state index contributed by atoms with van der Waals surface area (Å²) < 4.78 is 7.95. The second-order valence-corrected chi connectivity index (χ2v) is 7.37. The first-order valence-corrected chi connectivity index (χ1v) is 9.77. The fraction of sp³-hybridized carbons (Fsp3) is 0.409. The van der Waals surface area contributed by atoms with E-state index < -0.39 is 0 Å². The Morgan fingerprint density at radius 2 is 1.85 bits per heavy atom. The molecule has 1 fully saturated rings. The Kier molecular flexibility index (Phi) is 4.92. The van der Waals surface area contributed by atoms with Gasteiger partial charge in [-0.05, 0) is 50.2 Å². The molecule has 1 aromatic carbocycles. The maximum atomic E-state index is 6.13. The molecule has 1 aliphatic carbocycles. The number of benzene rings is 1. The molecule has 0 bridgehead atoms. The van der Waals surface area contributed by atoms with Crippen molar-refractivity contribution < 1.29 is 4.74 Å². The first-order chi connectivity index (χ1) is 13.2. The largest absolute Gasteiger partial charge is 0.473 e. The van der Waals surface area contributed by atoms with E-state index in [0.29, 0.717) is 17.7 Å². The van der Waals surface area contributed by atoms with Crippen LogP contribution < -0.4 is 4.74 Å². The fourth-order valence-corrected chi connectivity index (χ4v) is 3.14. The predicted octanol–water partition coefficient (Wildman–Crippen LogP) is 4.62. The van der Waals surface area contributed by atoms with Gasteiger partial charge < -0.3 is 4.74 Å². The van der Waals surface area contributed by atoms with Crippen molar-refractivity contribution in [1.29, 1.82) is 0 Å². The Morgan fingerprint density at radius 1 is 1.15 bits per heavy atom. The molecule has 27 heavy (non-hydrogen) atoms. The summed E-state index contributed by atoms with van der Waals surface area (Å²) in [4.78, 5) is 9.13. The molecular weight excluding hydrogens is 336 g/mol. The minimum absolute atomic E-state index is 0.112. The molecule has 0 amide bonds. The SMILES string of the molecule is CCC(C)Oc1nn(-c2ncc(C3CC3)cn2)c(C)c1Cc1ccccc1. The Balaban J connectivity index is 1.69. The molecule has 1 aliphatic rings. The van der Waals surface area contributed by atoms with Gasteiger partial charge in [0.1, 0.15) is 0 Å². The van der Waals surface area contributed by atoms with Gasteiger partial charge in [-0.1, -0.05) is 37.3 Å². The smallest absolute Gasteiger partial charge is 0.250 e. The topological polar surface area (TPSA) is 52.8 Å². The first-order valence-electron chi connectivity index (χ1n) is 9.77. The molecular formula is C22H26N4O. The standard InChI is InChI=1S/C22H26N4O/c1-4-15(2)27-21-20(12-17-8-6-5-7-9-17)16(3)26(25-21)22-23-13-19(14-24-22)18-10-11-18/h5-9,13-15,18H,4,10-12H2,1-3H3. The van der Waals surface area contributed by atoms with Gasteiger partial charge in [-0.25, -0.2) is 9.97 Å². The molecule has 0 spiro atoms. The monoisotopic (exact) mass is 362 g/mol. The van der Waals surface area contributed by atoms with Crippen LogP contribution in [0.25, 0.3) is 5.95 Å². The van der Waals surface area contributed by atoms with Crippen LogP contribution in [-0.2, 0) is 6.42 Å². The van der Waals surface area contributed by atoms with E-state index in [2.05, 4.69) is 55.0 Å². The van der Waals surface area contributed by atoms with Crippen molar-refractivity contribution in [2.24, 2.45) is 0 Å². The van der Waals surface area contributed by atoms with Crippen molar-refractivity contribution in [3.05, 3.63) is 65.1 Å². The van der Waals surface area contributed by atoms with Crippen LogP contribution in [-0.4, -0.2) is 25.9 Å². The molecule has 5 nitrogen and oxygen atoms in total. The lowest BCUT2D eigenvalue weighted by atomic mass is 10.1. The number of aromatic nitrogens is 4. The van der Waals surface area contributed by atoms with Gasteiger partial charge in [-0.2, -0.15) is 4.68 Å². The van der Waals surface area contributed by atoms with Gasteiger partial charge in [0, 0.05) is 24.4 Å². The van der Waals surface area contributed by atoms with Crippen LogP contribution in [0.5, 0.6) is 5.88 Å². The van der Waals surface area contributed by atoms with E-state index in [4.69, 9.17) is 9.84 Å². The van der Waals surface area contributed by atoms with Crippen molar-refractivity contribution in [2.45, 2.75) is 58.5 Å². The first kappa shape index (κ1) is 17.7. The number of nitrogens with zero attached hydrogens (tertiary/aromatic N) is 4. The van der Waals surface area contributed by atoms with Crippen molar-refractivity contribution in [3.8, 4) is 11.8 Å². The lowest BCUT2D eigenvalue weighted by Gasteiger charge is -2.11. The normalized spacial score (nSPS) is 14.9. The molecule has 140 valence electrons. The lowest BCUT2D eigenvalue weighted by molar-refractivity contribution is 0.205. The van der Waals surface area contributed by atoms with E-state index in [0.717, 1.165) is 24.1 Å². The molecule has 1 unspecified atom stereocenters. The molecule has 0 saturated heterocycles. The van der Waals surface area contributed by atoms with E-state index in [9.17, 15) is 0 Å². The van der Waals surface area contributed by atoms with Gasteiger partial charge in [-0.15, -0.1) is 5.10 Å². The van der Waals surface area contributed by atoms with E-state index in [-0.39, 0.29) is 6.10 Å². The summed E-state index contributed by atoms with van der Waals surface area (Å²) in [6.45, 7) is 6.25. The van der Waals surface area contributed by atoms with E-state index in [1.54, 1.807) is 0 Å². The Bertz CT molecular complexity index is 898. The summed E-state index contributed by atoms with van der Waals surface area (Å²) in [5.74, 6) is 1.93. The fourth-order valence-electron chi connectivity index (χ4n) is 3.14. The summed E-state index contributed by atoms with van der Waals surface area (Å²) in [7, 11) is 0. The van der Waals surface area contributed by atoms with Crippen molar-refractivity contribution >= 4 is 0 Å². The third-order valence-corrected chi connectivity index (χ3v) is 5.21. The minimum Gasteiger partial charge on any atom is -0.473 e. The second-order valence-electron chi connectivity index (χ2n) is 7.37. The maximum Gasteiger partial charge on any atom is 0.250 e. The zero-order valence-corrected chi connectivity index (χ0v) is 16.2. The van der Waals surface area contributed by atoms with Crippen LogP contribution in [0.3, 0.4) is 0 Å². The average Bonchev–Trinajstić information content (AvgIpc) is 3.51. The van der Waals surface area contributed by atoms with Crippen LogP contribution in [0.4, 0.5) is 0 Å². The van der Waals surface area contributed by atoms with Gasteiger partial charge in [0.2, 0.25) is 5.88 Å². The number of hydrogen-bond donors (Lipinski definition) is 0. The van der Waals surface area contributed by atoms with Crippen LogP contribution >= 0.6 is 0 Å². The molecule has 1 atom stereocenters. The zero-order valence-electron chi connectivity index (χ0n) is 16.2. The van der Waals surface area contributed by atoms with Crippen LogP contribution in [0.2, 0.25) is 0 Å². The van der Waals surface area contributed by atoms with Gasteiger partial charge in [-0.3, -0.25) is 0 Å². The molecule has 2 aromatic heterocycles. The van der Waals surface area contributed by atoms with Crippen LogP contribution in [0, 0.1) is 6.92 Å². The van der Waals surface area contributed by atoms with Crippen molar-refractivity contribution in [1.82, 2.24) is 19.7 Å². The zero-order chi connectivity index (χ0) is 18.8. The number of ether oxygens (including phenoxy) is 1. The van der Waals surface area contributed by atoms with Crippen LogP contribution in [0.15, 0.2) is 42.7 Å². The minimum atomic E-state index is 0.112. The molecule has 0 radical (unpaired) electrons. The number of rotatable bonds is 7. The highest BCUT2D eigenvalue weighted by atomic mass is 16.5. The quantitative estimate of drug-likeness (QED) is 0.615. The van der Waals surface area contributed by atoms with Gasteiger partial charge in [0.15, 0.2) is 0 Å². The van der Waals surface area contributed by atoms with E-state index in [1.165, 1.54) is 24.0 Å². The Labute approximate surface area is 160 Å². The predicted molar refractivity (Wildman–Crippen MR) is 105 cm³/mol. The van der Waals surface area contributed by atoms with Crippen LogP contribution in [0.1, 0.15) is 61.4 Å². The highest BCUT2D eigenvalue weighted by Crippen LogP contribution is 2.39. The molecule has 1 saturated carbocycles. The average molecular weight is 362 g/mol. The maximum absolute atomic E-state index is 6.13. The Morgan fingerprint density at radius 3 is 2.48 bits per heavy atom. The summed E-state index contributed by atoms with van der Waals surface area (Å²) in [5, 5.41) is 4.72. The molecule has 0 N–H and O–H groups in total. The summed E-state index contributed by atoms with van der Waals surface area (Å²) in [6, 6.07) is 10.4. The highest BCUT2D eigenvalue weighted by molar-refractivity contribution is 5.39. The molecule has 3 aromatic rings. The summed E-state index contributed by atoms with van der Waals surface area (Å²) in [6.07, 6.45) is 8.19. The molecule has 5 heteroatoms.